The molecule has 0 aromatic heterocycles. The monoisotopic (exact) mass is 273 g/mol. The topological polar surface area (TPSA) is 12.5 Å². The van der Waals surface area contributed by atoms with Gasteiger partial charge in [0.15, 0.2) is 0 Å². The Hall–Kier alpha value is -1.87. The van der Waals surface area contributed by atoms with Crippen LogP contribution in [0.1, 0.15) is 12.0 Å². The molecule has 0 atom stereocenters. The van der Waals surface area contributed by atoms with E-state index < -0.39 is 0 Å². The van der Waals surface area contributed by atoms with E-state index in [1.165, 1.54) is 6.07 Å². The lowest BCUT2D eigenvalue weighted by Crippen LogP contribution is -2.21. The highest BCUT2D eigenvalue weighted by atomic mass is 19.1. The first-order valence-electron chi connectivity index (χ1n) is 6.85. The Balaban J connectivity index is 1.68. The standard InChI is InChI=1S/C17H20FNO/c1-19(14-15-8-5-6-11-17(15)18)12-7-13-20-16-9-3-2-4-10-16/h2-6,8-11H,7,12-14H2,1H3. The van der Waals surface area contributed by atoms with Crippen LogP contribution in [0, 0.1) is 5.82 Å². The third-order valence-electron chi connectivity index (χ3n) is 3.09. The Labute approximate surface area is 119 Å². The van der Waals surface area contributed by atoms with Gasteiger partial charge in [0.2, 0.25) is 0 Å². The molecule has 0 N–H and O–H groups in total. The lowest BCUT2D eigenvalue weighted by Gasteiger charge is -2.17. The summed E-state index contributed by atoms with van der Waals surface area (Å²) in [5.74, 6) is 0.754. The van der Waals surface area contributed by atoms with Crippen LogP contribution in [0.4, 0.5) is 4.39 Å². The highest BCUT2D eigenvalue weighted by molar-refractivity contribution is 5.20. The maximum absolute atomic E-state index is 13.5. The van der Waals surface area contributed by atoms with Crippen molar-refractivity contribution in [3.8, 4) is 5.75 Å². The van der Waals surface area contributed by atoms with Crippen molar-refractivity contribution < 1.29 is 9.13 Å². The minimum atomic E-state index is -0.139. The number of benzene rings is 2. The van der Waals surface area contributed by atoms with Gasteiger partial charge < -0.3 is 9.64 Å². The molecule has 0 amide bonds. The average molecular weight is 273 g/mol. The highest BCUT2D eigenvalue weighted by Crippen LogP contribution is 2.10. The van der Waals surface area contributed by atoms with E-state index in [9.17, 15) is 4.39 Å². The Morgan fingerprint density at radius 3 is 2.45 bits per heavy atom. The van der Waals surface area contributed by atoms with Crippen molar-refractivity contribution in [1.82, 2.24) is 4.90 Å². The zero-order valence-corrected chi connectivity index (χ0v) is 11.8. The van der Waals surface area contributed by atoms with Crippen molar-refractivity contribution in [1.29, 1.82) is 0 Å². The van der Waals surface area contributed by atoms with Crippen LogP contribution in [-0.4, -0.2) is 25.1 Å². The van der Waals surface area contributed by atoms with Crippen molar-refractivity contribution in [2.24, 2.45) is 0 Å². The number of halogens is 1. The van der Waals surface area contributed by atoms with E-state index >= 15 is 0 Å². The van der Waals surface area contributed by atoms with Gasteiger partial charge in [-0.1, -0.05) is 36.4 Å². The molecule has 2 aromatic rings. The van der Waals surface area contributed by atoms with Gasteiger partial charge in [0.05, 0.1) is 6.61 Å². The summed E-state index contributed by atoms with van der Waals surface area (Å²) in [6.07, 6.45) is 0.917. The molecule has 0 bridgehead atoms. The summed E-state index contributed by atoms with van der Waals surface area (Å²) in [7, 11) is 1.99. The first-order valence-corrected chi connectivity index (χ1v) is 6.85. The van der Waals surface area contributed by atoms with Crippen LogP contribution in [-0.2, 0) is 6.54 Å². The zero-order chi connectivity index (χ0) is 14.2. The summed E-state index contributed by atoms with van der Waals surface area (Å²) in [4.78, 5) is 2.10. The second kappa shape index (κ2) is 7.65. The second-order valence-corrected chi connectivity index (χ2v) is 4.84. The molecule has 0 radical (unpaired) electrons. The van der Waals surface area contributed by atoms with Gasteiger partial charge in [-0.05, 0) is 31.7 Å². The van der Waals surface area contributed by atoms with E-state index in [2.05, 4.69) is 4.90 Å². The van der Waals surface area contributed by atoms with Crippen LogP contribution < -0.4 is 4.74 Å². The van der Waals surface area contributed by atoms with Crippen molar-refractivity contribution in [2.75, 3.05) is 20.2 Å². The van der Waals surface area contributed by atoms with Crippen LogP contribution in [0.5, 0.6) is 5.75 Å². The fraction of sp³-hybridized carbons (Fsp3) is 0.294. The molecule has 0 aliphatic rings. The average Bonchev–Trinajstić information content (AvgIpc) is 2.47. The van der Waals surface area contributed by atoms with E-state index in [4.69, 9.17) is 4.74 Å². The van der Waals surface area contributed by atoms with E-state index in [-0.39, 0.29) is 5.82 Å². The Kier molecular flexibility index (Phi) is 5.56. The molecular formula is C17H20FNO. The van der Waals surface area contributed by atoms with E-state index in [0.717, 1.165) is 24.3 Å². The maximum Gasteiger partial charge on any atom is 0.127 e. The Bertz CT molecular complexity index is 515. The predicted molar refractivity (Wildman–Crippen MR) is 79.3 cm³/mol. The lowest BCUT2D eigenvalue weighted by molar-refractivity contribution is 0.257. The van der Waals surface area contributed by atoms with Crippen molar-refractivity contribution in [3.05, 3.63) is 66.0 Å². The molecule has 0 fully saturated rings. The van der Waals surface area contributed by atoms with Crippen LogP contribution >= 0.6 is 0 Å². The van der Waals surface area contributed by atoms with Crippen molar-refractivity contribution >= 4 is 0 Å². The number of hydrogen-bond donors (Lipinski definition) is 0. The maximum atomic E-state index is 13.5. The number of ether oxygens (including phenoxy) is 1. The summed E-state index contributed by atoms with van der Waals surface area (Å²) >= 11 is 0. The van der Waals surface area contributed by atoms with Gasteiger partial charge >= 0.3 is 0 Å². The Morgan fingerprint density at radius 2 is 1.70 bits per heavy atom. The zero-order valence-electron chi connectivity index (χ0n) is 11.8. The molecule has 2 nitrogen and oxygen atoms in total. The quantitative estimate of drug-likeness (QED) is 0.713. The van der Waals surface area contributed by atoms with E-state index in [0.29, 0.717) is 13.2 Å². The van der Waals surface area contributed by atoms with Crippen LogP contribution in [0.2, 0.25) is 0 Å². The largest absolute Gasteiger partial charge is 0.494 e. The smallest absolute Gasteiger partial charge is 0.127 e. The van der Waals surface area contributed by atoms with Gasteiger partial charge in [0, 0.05) is 18.7 Å². The van der Waals surface area contributed by atoms with Crippen molar-refractivity contribution in [3.63, 3.8) is 0 Å². The summed E-state index contributed by atoms with van der Waals surface area (Å²) in [6.45, 7) is 2.17. The number of nitrogens with zero attached hydrogens (tertiary/aromatic N) is 1. The third-order valence-corrected chi connectivity index (χ3v) is 3.09. The summed E-state index contributed by atoms with van der Waals surface area (Å²) in [5, 5.41) is 0. The lowest BCUT2D eigenvalue weighted by atomic mass is 10.2. The molecule has 106 valence electrons. The molecule has 3 heteroatoms. The van der Waals surface area contributed by atoms with E-state index in [1.807, 2.05) is 49.5 Å². The minimum Gasteiger partial charge on any atom is -0.494 e. The molecule has 0 aliphatic carbocycles. The molecule has 0 aliphatic heterocycles. The summed E-state index contributed by atoms with van der Waals surface area (Å²) in [5.41, 5.74) is 0.735. The van der Waals surface area contributed by atoms with Gasteiger partial charge in [-0.25, -0.2) is 4.39 Å². The fourth-order valence-corrected chi connectivity index (χ4v) is 2.04. The summed E-state index contributed by atoms with van der Waals surface area (Å²) < 4.78 is 19.1. The van der Waals surface area contributed by atoms with Crippen LogP contribution in [0.15, 0.2) is 54.6 Å². The first kappa shape index (κ1) is 14.5. The SMILES string of the molecule is CN(CCCOc1ccccc1)Cc1ccccc1F. The molecule has 2 rings (SSSR count). The van der Waals surface area contributed by atoms with Gasteiger partial charge in [-0.2, -0.15) is 0 Å². The van der Waals surface area contributed by atoms with Gasteiger partial charge in [0.1, 0.15) is 11.6 Å². The third kappa shape index (κ3) is 4.67. The molecule has 0 unspecified atom stereocenters. The molecular weight excluding hydrogens is 253 g/mol. The van der Waals surface area contributed by atoms with Gasteiger partial charge in [0.25, 0.3) is 0 Å². The molecule has 0 spiro atoms. The fourth-order valence-electron chi connectivity index (χ4n) is 2.04. The normalized spacial score (nSPS) is 10.8. The van der Waals surface area contributed by atoms with Gasteiger partial charge in [-0.3, -0.25) is 0 Å². The van der Waals surface area contributed by atoms with Gasteiger partial charge in [-0.15, -0.1) is 0 Å². The molecule has 0 saturated heterocycles. The number of rotatable bonds is 7. The molecule has 20 heavy (non-hydrogen) atoms. The van der Waals surface area contributed by atoms with E-state index in [1.54, 1.807) is 6.07 Å². The van der Waals surface area contributed by atoms with Crippen LogP contribution in [0.25, 0.3) is 0 Å². The predicted octanol–water partition coefficient (Wildman–Crippen LogP) is 3.73. The molecule has 2 aromatic carbocycles. The molecule has 0 heterocycles. The highest BCUT2D eigenvalue weighted by Gasteiger charge is 2.04. The Morgan fingerprint density at radius 1 is 1.00 bits per heavy atom. The minimum absolute atomic E-state index is 0.139. The number of hydrogen-bond acceptors (Lipinski definition) is 2. The molecule has 0 saturated carbocycles. The number of para-hydroxylation sites is 1. The second-order valence-electron chi connectivity index (χ2n) is 4.84. The summed E-state index contributed by atoms with van der Waals surface area (Å²) in [6, 6.07) is 16.7. The van der Waals surface area contributed by atoms with Crippen molar-refractivity contribution in [2.45, 2.75) is 13.0 Å². The van der Waals surface area contributed by atoms with Crippen LogP contribution in [0.3, 0.4) is 0 Å². The first-order chi connectivity index (χ1) is 9.75.